The lowest BCUT2D eigenvalue weighted by Gasteiger charge is -2.32. The van der Waals surface area contributed by atoms with E-state index >= 15 is 0 Å². The highest BCUT2D eigenvalue weighted by Crippen LogP contribution is 2.49. The van der Waals surface area contributed by atoms with Gasteiger partial charge in [0.15, 0.2) is 0 Å². The molecule has 4 nitrogen and oxygen atoms in total. The van der Waals surface area contributed by atoms with Crippen LogP contribution in [0, 0.1) is 6.92 Å². The van der Waals surface area contributed by atoms with Crippen molar-refractivity contribution in [2.75, 3.05) is 26.3 Å². The van der Waals surface area contributed by atoms with Gasteiger partial charge in [-0.25, -0.2) is 0 Å². The molecular weight excluding hydrogens is 338 g/mol. The Hall–Kier alpha value is -2.17. The monoisotopic (exact) mass is 365 g/mol. The third-order valence-electron chi connectivity index (χ3n) is 5.58. The minimum absolute atomic E-state index is 0.0558. The van der Waals surface area contributed by atoms with Crippen molar-refractivity contribution >= 4 is 5.97 Å². The number of benzene rings is 2. The molecule has 0 N–H and O–H groups in total. The van der Waals surface area contributed by atoms with E-state index in [1.807, 2.05) is 18.2 Å². The summed E-state index contributed by atoms with van der Waals surface area (Å²) in [5, 5.41) is 0. The molecule has 1 saturated heterocycles. The molecule has 2 fully saturated rings. The molecule has 27 heavy (non-hydrogen) atoms. The SMILES string of the molecule is Cc1cccc(C2(C(=O)OCC3CN(Cc4ccccc4)CCO3)CC2)c1. The van der Waals surface area contributed by atoms with Crippen LogP contribution in [-0.4, -0.2) is 43.3 Å². The quantitative estimate of drug-likeness (QED) is 0.735. The van der Waals surface area contributed by atoms with Gasteiger partial charge >= 0.3 is 5.97 Å². The smallest absolute Gasteiger partial charge is 0.316 e. The van der Waals surface area contributed by atoms with Crippen LogP contribution in [0.4, 0.5) is 0 Å². The van der Waals surface area contributed by atoms with E-state index in [0.29, 0.717) is 13.2 Å². The maximum atomic E-state index is 12.8. The fourth-order valence-corrected chi connectivity index (χ4v) is 3.85. The molecule has 1 atom stereocenters. The van der Waals surface area contributed by atoms with Gasteiger partial charge in [0.1, 0.15) is 12.7 Å². The van der Waals surface area contributed by atoms with Crippen LogP contribution in [0.1, 0.15) is 29.5 Å². The predicted octanol–water partition coefficient (Wildman–Crippen LogP) is 3.47. The molecule has 0 spiro atoms. The minimum atomic E-state index is -0.426. The van der Waals surface area contributed by atoms with Crippen molar-refractivity contribution in [2.24, 2.45) is 0 Å². The predicted molar refractivity (Wildman–Crippen MR) is 105 cm³/mol. The number of carbonyl (C=O) groups excluding carboxylic acids is 1. The first-order chi connectivity index (χ1) is 13.2. The van der Waals surface area contributed by atoms with Crippen LogP contribution in [0.25, 0.3) is 0 Å². The second-order valence-corrected chi connectivity index (χ2v) is 7.76. The summed E-state index contributed by atoms with van der Waals surface area (Å²) in [6.45, 7) is 5.67. The average Bonchev–Trinajstić information content (AvgIpc) is 3.49. The lowest BCUT2D eigenvalue weighted by Crippen LogP contribution is -2.44. The number of aryl methyl sites for hydroxylation is 1. The molecule has 0 radical (unpaired) electrons. The Kier molecular flexibility index (Phi) is 5.28. The van der Waals surface area contributed by atoms with E-state index < -0.39 is 5.41 Å². The molecule has 4 rings (SSSR count). The van der Waals surface area contributed by atoms with Crippen LogP contribution in [0.5, 0.6) is 0 Å². The van der Waals surface area contributed by atoms with E-state index in [0.717, 1.165) is 38.0 Å². The number of rotatable bonds is 6. The van der Waals surface area contributed by atoms with Crippen LogP contribution in [-0.2, 0) is 26.2 Å². The normalized spacial score (nSPS) is 21.6. The van der Waals surface area contributed by atoms with Gasteiger partial charge in [0.05, 0.1) is 12.0 Å². The maximum Gasteiger partial charge on any atom is 0.316 e. The van der Waals surface area contributed by atoms with Crippen LogP contribution < -0.4 is 0 Å². The molecule has 1 heterocycles. The number of nitrogens with zero attached hydrogens (tertiary/aromatic N) is 1. The van der Waals surface area contributed by atoms with Gasteiger partial charge < -0.3 is 9.47 Å². The zero-order valence-corrected chi connectivity index (χ0v) is 15.9. The van der Waals surface area contributed by atoms with E-state index in [1.54, 1.807) is 0 Å². The first kappa shape index (κ1) is 18.2. The van der Waals surface area contributed by atoms with Gasteiger partial charge in [-0.2, -0.15) is 0 Å². The summed E-state index contributed by atoms with van der Waals surface area (Å²) in [5.41, 5.74) is 3.14. The van der Waals surface area contributed by atoms with Crippen LogP contribution in [0.15, 0.2) is 54.6 Å². The van der Waals surface area contributed by atoms with Crippen molar-refractivity contribution in [1.29, 1.82) is 0 Å². The van der Waals surface area contributed by atoms with Crippen LogP contribution in [0.2, 0.25) is 0 Å². The molecule has 0 aromatic heterocycles. The Morgan fingerprint density at radius 1 is 1.19 bits per heavy atom. The first-order valence-electron chi connectivity index (χ1n) is 9.78. The van der Waals surface area contributed by atoms with Gasteiger partial charge in [-0.05, 0) is 30.9 Å². The molecule has 0 amide bonds. The lowest BCUT2D eigenvalue weighted by molar-refractivity contribution is -0.153. The highest BCUT2D eigenvalue weighted by Gasteiger charge is 2.53. The molecule has 2 aromatic carbocycles. The molecule has 1 unspecified atom stereocenters. The highest BCUT2D eigenvalue weighted by molar-refractivity contribution is 5.86. The third kappa shape index (κ3) is 4.23. The molecule has 1 aliphatic heterocycles. The summed E-state index contributed by atoms with van der Waals surface area (Å²) >= 11 is 0. The van der Waals surface area contributed by atoms with Crippen molar-refractivity contribution in [1.82, 2.24) is 4.90 Å². The molecule has 4 heteroatoms. The summed E-state index contributed by atoms with van der Waals surface area (Å²) in [7, 11) is 0. The molecule has 142 valence electrons. The topological polar surface area (TPSA) is 38.8 Å². The van der Waals surface area contributed by atoms with E-state index in [1.165, 1.54) is 11.1 Å². The number of hydrogen-bond acceptors (Lipinski definition) is 4. The summed E-state index contributed by atoms with van der Waals surface area (Å²) in [6.07, 6.45) is 1.70. The molecule has 1 aliphatic carbocycles. The Morgan fingerprint density at radius 3 is 2.74 bits per heavy atom. The Morgan fingerprint density at radius 2 is 2.00 bits per heavy atom. The van der Waals surface area contributed by atoms with E-state index in [4.69, 9.17) is 9.47 Å². The first-order valence-corrected chi connectivity index (χ1v) is 9.78. The molecular formula is C23H27NO3. The van der Waals surface area contributed by atoms with Crippen molar-refractivity contribution in [3.63, 3.8) is 0 Å². The van der Waals surface area contributed by atoms with E-state index in [9.17, 15) is 4.79 Å². The number of carbonyl (C=O) groups is 1. The minimum Gasteiger partial charge on any atom is -0.462 e. The second-order valence-electron chi connectivity index (χ2n) is 7.76. The zero-order valence-electron chi connectivity index (χ0n) is 15.9. The molecule has 2 aromatic rings. The largest absolute Gasteiger partial charge is 0.462 e. The number of morpholine rings is 1. The standard InChI is InChI=1S/C23H27NO3/c1-18-6-5-9-20(14-18)23(10-11-23)22(25)27-17-21-16-24(12-13-26-21)15-19-7-3-2-4-8-19/h2-9,14,21H,10-13,15-17H2,1H3. The molecule has 2 aliphatic rings. The van der Waals surface area contributed by atoms with Gasteiger partial charge in [0.2, 0.25) is 0 Å². The lowest BCUT2D eigenvalue weighted by atomic mass is 9.95. The van der Waals surface area contributed by atoms with Gasteiger partial charge in [0, 0.05) is 19.6 Å². The zero-order chi connectivity index (χ0) is 18.7. The van der Waals surface area contributed by atoms with Gasteiger partial charge in [-0.1, -0.05) is 60.2 Å². The fraction of sp³-hybridized carbons (Fsp3) is 0.435. The average molecular weight is 365 g/mol. The summed E-state index contributed by atoms with van der Waals surface area (Å²) in [4.78, 5) is 15.1. The van der Waals surface area contributed by atoms with Gasteiger partial charge in [-0.3, -0.25) is 9.69 Å². The maximum absolute atomic E-state index is 12.8. The summed E-state index contributed by atoms with van der Waals surface area (Å²) in [6, 6.07) is 18.7. The van der Waals surface area contributed by atoms with Crippen molar-refractivity contribution in [3.8, 4) is 0 Å². The summed E-state index contributed by atoms with van der Waals surface area (Å²) < 4.78 is 11.5. The number of esters is 1. The fourth-order valence-electron chi connectivity index (χ4n) is 3.85. The van der Waals surface area contributed by atoms with Crippen LogP contribution >= 0.6 is 0 Å². The van der Waals surface area contributed by atoms with E-state index in [2.05, 4.69) is 48.2 Å². The summed E-state index contributed by atoms with van der Waals surface area (Å²) in [5.74, 6) is -0.100. The molecule has 0 bridgehead atoms. The number of hydrogen-bond donors (Lipinski definition) is 0. The Balaban J connectivity index is 1.31. The molecule has 1 saturated carbocycles. The van der Waals surface area contributed by atoms with Crippen molar-refractivity contribution in [3.05, 3.63) is 71.3 Å². The highest BCUT2D eigenvalue weighted by atomic mass is 16.6. The van der Waals surface area contributed by atoms with Crippen LogP contribution in [0.3, 0.4) is 0 Å². The van der Waals surface area contributed by atoms with Gasteiger partial charge in [-0.15, -0.1) is 0 Å². The second kappa shape index (κ2) is 7.83. The number of ether oxygens (including phenoxy) is 2. The van der Waals surface area contributed by atoms with Crippen molar-refractivity contribution < 1.29 is 14.3 Å². The third-order valence-corrected chi connectivity index (χ3v) is 5.58. The van der Waals surface area contributed by atoms with Crippen molar-refractivity contribution in [2.45, 2.75) is 37.8 Å². The Labute approximate surface area is 161 Å². The Bertz CT molecular complexity index is 785. The van der Waals surface area contributed by atoms with E-state index in [-0.39, 0.29) is 12.1 Å². The van der Waals surface area contributed by atoms with Gasteiger partial charge in [0.25, 0.3) is 0 Å².